The number of furan rings is 1. The van der Waals surface area contributed by atoms with Gasteiger partial charge in [-0.1, -0.05) is 0 Å². The molecule has 1 aromatic heterocycles. The van der Waals surface area contributed by atoms with Crippen LogP contribution in [-0.2, 0) is 17.2 Å². The lowest BCUT2D eigenvalue weighted by molar-refractivity contribution is 0.348. The minimum Gasteiger partial charge on any atom is -0.507 e. The van der Waals surface area contributed by atoms with Crippen molar-refractivity contribution in [2.24, 2.45) is 0 Å². The minimum atomic E-state index is -0.993. The summed E-state index contributed by atoms with van der Waals surface area (Å²) in [5, 5.41) is 10.9. The van der Waals surface area contributed by atoms with Gasteiger partial charge in [-0.25, -0.2) is 0 Å². The number of benzene rings is 1. The molecule has 2 heterocycles. The van der Waals surface area contributed by atoms with E-state index in [0.717, 1.165) is 0 Å². The molecule has 0 fully saturated rings. The van der Waals surface area contributed by atoms with Crippen LogP contribution in [0.15, 0.2) is 28.6 Å². The van der Waals surface area contributed by atoms with Gasteiger partial charge in [-0.3, -0.25) is 4.21 Å². The average Bonchev–Trinajstić information content (AvgIpc) is 2.88. The van der Waals surface area contributed by atoms with E-state index in [1.54, 1.807) is 12.3 Å². The van der Waals surface area contributed by atoms with Gasteiger partial charge in [-0.15, -0.1) is 0 Å². The average molecular weight is 294 g/mol. The van der Waals surface area contributed by atoms with Crippen LogP contribution in [0, 0.1) is 0 Å². The standard InChI is InChI=1S/C14H14O5S/c1-17-14-12-10(5-6-18-12)11(15)9-4-3-8(7-20(2)16)19-13(9)14/h3,5-6,15H,4,7H2,1-2H3. The molecule has 20 heavy (non-hydrogen) atoms. The highest BCUT2D eigenvalue weighted by atomic mass is 32.2. The largest absolute Gasteiger partial charge is 0.507 e. The number of hydrogen-bond acceptors (Lipinski definition) is 5. The molecule has 1 N–H and O–H groups in total. The molecular formula is C14H14O5S. The second-order valence-corrected chi connectivity index (χ2v) is 5.98. The van der Waals surface area contributed by atoms with Gasteiger partial charge in [-0.2, -0.15) is 0 Å². The van der Waals surface area contributed by atoms with E-state index in [-0.39, 0.29) is 5.75 Å². The third kappa shape index (κ3) is 1.96. The van der Waals surface area contributed by atoms with E-state index in [4.69, 9.17) is 13.9 Å². The SMILES string of the molecule is COc1c2c(c(O)c3ccoc13)CC=C(CS(C)=O)O2. The Morgan fingerprint density at radius 3 is 3.00 bits per heavy atom. The molecule has 0 bridgehead atoms. The van der Waals surface area contributed by atoms with Crippen LogP contribution in [0.2, 0.25) is 0 Å². The molecule has 0 amide bonds. The number of rotatable bonds is 3. The van der Waals surface area contributed by atoms with Gasteiger partial charge in [0.2, 0.25) is 5.75 Å². The topological polar surface area (TPSA) is 68.9 Å². The van der Waals surface area contributed by atoms with Crippen molar-refractivity contribution in [3.05, 3.63) is 29.7 Å². The normalized spacial score (nSPS) is 15.4. The van der Waals surface area contributed by atoms with E-state index >= 15 is 0 Å². The van der Waals surface area contributed by atoms with Crippen LogP contribution in [0.5, 0.6) is 17.2 Å². The van der Waals surface area contributed by atoms with Crippen molar-refractivity contribution >= 4 is 21.8 Å². The maximum Gasteiger partial charge on any atom is 0.205 e. The highest BCUT2D eigenvalue weighted by Crippen LogP contribution is 2.48. The second kappa shape index (κ2) is 4.86. The number of methoxy groups -OCH3 is 1. The van der Waals surface area contributed by atoms with Gasteiger partial charge in [0.15, 0.2) is 11.3 Å². The maximum absolute atomic E-state index is 11.3. The van der Waals surface area contributed by atoms with Crippen LogP contribution in [-0.4, -0.2) is 28.4 Å². The highest BCUT2D eigenvalue weighted by molar-refractivity contribution is 7.84. The van der Waals surface area contributed by atoms with Gasteiger partial charge in [0.25, 0.3) is 0 Å². The van der Waals surface area contributed by atoms with Crippen LogP contribution in [0.1, 0.15) is 5.56 Å². The van der Waals surface area contributed by atoms with Crippen LogP contribution >= 0.6 is 0 Å². The summed E-state index contributed by atoms with van der Waals surface area (Å²) in [6.07, 6.45) is 5.44. The summed E-state index contributed by atoms with van der Waals surface area (Å²) >= 11 is 0. The fourth-order valence-electron chi connectivity index (χ4n) is 2.34. The minimum absolute atomic E-state index is 0.137. The van der Waals surface area contributed by atoms with Crippen molar-refractivity contribution in [2.75, 3.05) is 19.1 Å². The molecule has 0 saturated carbocycles. The zero-order chi connectivity index (χ0) is 14.3. The lowest BCUT2D eigenvalue weighted by atomic mass is 10.0. The van der Waals surface area contributed by atoms with Gasteiger partial charge in [0, 0.05) is 29.0 Å². The number of aromatic hydroxyl groups is 1. The first kappa shape index (κ1) is 13.1. The molecule has 5 nitrogen and oxygen atoms in total. The van der Waals surface area contributed by atoms with Crippen molar-refractivity contribution in [2.45, 2.75) is 6.42 Å². The molecule has 3 rings (SSSR count). The van der Waals surface area contributed by atoms with Gasteiger partial charge in [-0.05, 0) is 12.1 Å². The molecular weight excluding hydrogens is 280 g/mol. The molecule has 1 atom stereocenters. The summed E-state index contributed by atoms with van der Waals surface area (Å²) < 4.78 is 27.8. The Kier molecular flexibility index (Phi) is 3.17. The Morgan fingerprint density at radius 2 is 2.30 bits per heavy atom. The predicted molar refractivity (Wildman–Crippen MR) is 75.8 cm³/mol. The van der Waals surface area contributed by atoms with Crippen LogP contribution < -0.4 is 9.47 Å². The fraction of sp³-hybridized carbons (Fsp3) is 0.286. The Balaban J connectivity index is 2.15. The molecule has 2 aromatic rings. The van der Waals surface area contributed by atoms with E-state index in [2.05, 4.69) is 0 Å². The Labute approximate surface area is 118 Å². The zero-order valence-corrected chi connectivity index (χ0v) is 12.0. The first-order valence-corrected chi connectivity index (χ1v) is 7.80. The quantitative estimate of drug-likeness (QED) is 0.941. The van der Waals surface area contributed by atoms with E-state index in [1.807, 2.05) is 6.08 Å². The summed E-state index contributed by atoms with van der Waals surface area (Å²) in [7, 11) is 0.529. The zero-order valence-electron chi connectivity index (χ0n) is 11.1. The molecule has 1 aromatic carbocycles. The number of allylic oxidation sites excluding steroid dienone is 1. The molecule has 106 valence electrons. The third-order valence-electron chi connectivity index (χ3n) is 3.21. The summed E-state index contributed by atoms with van der Waals surface area (Å²) in [5.74, 6) is 1.97. The van der Waals surface area contributed by atoms with Crippen molar-refractivity contribution < 1.29 is 23.2 Å². The molecule has 1 unspecified atom stereocenters. The third-order valence-corrected chi connectivity index (χ3v) is 3.90. The molecule has 0 spiro atoms. The summed E-state index contributed by atoms with van der Waals surface area (Å²) in [6.45, 7) is 0. The van der Waals surface area contributed by atoms with Gasteiger partial charge in [0.1, 0.15) is 11.5 Å². The number of phenolic OH excluding ortho intramolecular Hbond substituents is 1. The Bertz CT molecular complexity index is 729. The molecule has 0 saturated heterocycles. The monoisotopic (exact) mass is 294 g/mol. The molecule has 1 aliphatic rings. The lowest BCUT2D eigenvalue weighted by Crippen LogP contribution is -2.12. The first-order chi connectivity index (χ1) is 9.61. The van der Waals surface area contributed by atoms with Crippen molar-refractivity contribution in [1.82, 2.24) is 0 Å². The molecule has 6 heteroatoms. The summed E-state index contributed by atoms with van der Waals surface area (Å²) in [6, 6.07) is 1.69. The number of fused-ring (bicyclic) bond motifs is 2. The molecule has 0 radical (unpaired) electrons. The van der Waals surface area contributed by atoms with Crippen LogP contribution in [0.25, 0.3) is 11.0 Å². The molecule has 1 aliphatic heterocycles. The van der Waals surface area contributed by atoms with Gasteiger partial charge in [0.05, 0.1) is 24.5 Å². The number of ether oxygens (including phenoxy) is 2. The van der Waals surface area contributed by atoms with Crippen LogP contribution in [0.3, 0.4) is 0 Å². The fourth-order valence-corrected chi connectivity index (χ4v) is 2.92. The van der Waals surface area contributed by atoms with E-state index in [9.17, 15) is 9.32 Å². The Morgan fingerprint density at radius 1 is 1.50 bits per heavy atom. The van der Waals surface area contributed by atoms with Gasteiger partial charge < -0.3 is 19.0 Å². The van der Waals surface area contributed by atoms with E-state index < -0.39 is 10.8 Å². The number of phenols is 1. The lowest BCUT2D eigenvalue weighted by Gasteiger charge is -2.21. The van der Waals surface area contributed by atoms with E-state index in [0.29, 0.717) is 46.0 Å². The van der Waals surface area contributed by atoms with Crippen molar-refractivity contribution in [3.8, 4) is 17.2 Å². The predicted octanol–water partition coefficient (Wildman–Crippen LogP) is 2.34. The summed E-state index contributed by atoms with van der Waals surface area (Å²) in [4.78, 5) is 0. The van der Waals surface area contributed by atoms with E-state index in [1.165, 1.54) is 13.4 Å². The highest BCUT2D eigenvalue weighted by Gasteiger charge is 2.26. The Hall–Kier alpha value is -1.95. The molecule has 0 aliphatic carbocycles. The summed E-state index contributed by atoms with van der Waals surface area (Å²) in [5.41, 5.74) is 1.10. The maximum atomic E-state index is 11.3. The smallest absolute Gasteiger partial charge is 0.205 e. The first-order valence-electron chi connectivity index (χ1n) is 6.07. The van der Waals surface area contributed by atoms with Gasteiger partial charge >= 0.3 is 0 Å². The second-order valence-electron chi connectivity index (χ2n) is 4.55. The van der Waals surface area contributed by atoms with Crippen molar-refractivity contribution in [1.29, 1.82) is 0 Å². The number of hydrogen-bond donors (Lipinski definition) is 1. The van der Waals surface area contributed by atoms with Crippen LogP contribution in [0.4, 0.5) is 0 Å². The van der Waals surface area contributed by atoms with Crippen molar-refractivity contribution in [3.63, 3.8) is 0 Å².